The van der Waals surface area contributed by atoms with Gasteiger partial charge in [-0.05, 0) is 17.3 Å². The molecule has 4 nitrogen and oxygen atoms in total. The van der Waals surface area contributed by atoms with Gasteiger partial charge in [0.15, 0.2) is 0 Å². The molecular formula is C7H5N3O. The van der Waals surface area contributed by atoms with E-state index in [-0.39, 0.29) is 5.82 Å². The maximum Gasteiger partial charge on any atom is 0.225 e. The van der Waals surface area contributed by atoms with Crippen molar-refractivity contribution in [3.8, 4) is 0 Å². The number of hydrogen-bond donors (Lipinski definition) is 1. The summed E-state index contributed by atoms with van der Waals surface area (Å²) in [4.78, 5) is 10.1. The number of para-hydroxylation sites is 1. The van der Waals surface area contributed by atoms with Crippen LogP contribution >= 0.6 is 0 Å². The monoisotopic (exact) mass is 147 g/mol. The van der Waals surface area contributed by atoms with E-state index in [1.807, 2.05) is 18.2 Å². The van der Waals surface area contributed by atoms with Crippen molar-refractivity contribution in [3.63, 3.8) is 0 Å². The highest BCUT2D eigenvalue weighted by atomic mass is 16.3. The molecule has 4 heteroatoms. The first-order chi connectivity index (χ1) is 5.42. The van der Waals surface area contributed by atoms with Gasteiger partial charge in [0.1, 0.15) is 0 Å². The number of H-pyrrole nitrogens is 1. The number of nitrogens with zero attached hydrogens (tertiary/aromatic N) is 2. The smallest absolute Gasteiger partial charge is 0.225 e. The fraction of sp³-hybridized carbons (Fsp3) is 0. The average Bonchev–Trinajstić information content (AvgIpc) is 2.47. The molecule has 0 spiro atoms. The molecule has 1 heterocycles. The van der Waals surface area contributed by atoms with Crippen molar-refractivity contribution in [2.45, 2.75) is 0 Å². The van der Waals surface area contributed by atoms with Gasteiger partial charge in [0.05, 0.1) is 5.52 Å². The zero-order chi connectivity index (χ0) is 7.68. The van der Waals surface area contributed by atoms with E-state index in [0.717, 1.165) is 10.9 Å². The van der Waals surface area contributed by atoms with Crippen LogP contribution in [0.5, 0.6) is 0 Å². The topological polar surface area (TPSA) is 58.1 Å². The van der Waals surface area contributed by atoms with Gasteiger partial charge in [-0.2, -0.15) is 5.10 Å². The Hall–Kier alpha value is -1.71. The molecule has 2 aromatic rings. The fourth-order valence-electron chi connectivity index (χ4n) is 1.02. The summed E-state index contributed by atoms with van der Waals surface area (Å²) < 4.78 is 0. The van der Waals surface area contributed by atoms with Crippen LogP contribution in [0, 0.1) is 4.91 Å². The fourth-order valence-corrected chi connectivity index (χ4v) is 1.02. The van der Waals surface area contributed by atoms with Gasteiger partial charge in [-0.15, -0.1) is 4.91 Å². The molecule has 1 N–H and O–H groups in total. The molecule has 0 saturated carbocycles. The van der Waals surface area contributed by atoms with Gasteiger partial charge < -0.3 is 0 Å². The molecule has 1 aromatic heterocycles. The number of benzene rings is 1. The van der Waals surface area contributed by atoms with Crippen LogP contribution in [-0.4, -0.2) is 10.2 Å². The summed E-state index contributed by atoms with van der Waals surface area (Å²) in [6.07, 6.45) is 0. The van der Waals surface area contributed by atoms with Crippen LogP contribution < -0.4 is 0 Å². The summed E-state index contributed by atoms with van der Waals surface area (Å²) in [5.74, 6) is 0.223. The molecule has 0 unspecified atom stereocenters. The standard InChI is InChI=1S/C7H5N3O/c11-10-7-5-3-1-2-4-6(5)8-9-7/h1-4H,(H,8,9). The Morgan fingerprint density at radius 3 is 3.00 bits per heavy atom. The second-order valence-corrected chi connectivity index (χ2v) is 2.18. The summed E-state index contributed by atoms with van der Waals surface area (Å²) >= 11 is 0. The van der Waals surface area contributed by atoms with Crippen LogP contribution in [0.3, 0.4) is 0 Å². The number of aromatic nitrogens is 2. The van der Waals surface area contributed by atoms with E-state index < -0.39 is 0 Å². The number of hydrogen-bond acceptors (Lipinski definition) is 3. The quantitative estimate of drug-likeness (QED) is 0.627. The summed E-state index contributed by atoms with van der Waals surface area (Å²) in [5.41, 5.74) is 0.835. The van der Waals surface area contributed by atoms with E-state index in [2.05, 4.69) is 15.4 Å². The molecule has 11 heavy (non-hydrogen) atoms. The molecule has 0 aliphatic rings. The van der Waals surface area contributed by atoms with Gasteiger partial charge in [0.2, 0.25) is 5.82 Å². The second-order valence-electron chi connectivity index (χ2n) is 2.18. The van der Waals surface area contributed by atoms with Crippen LogP contribution in [0.25, 0.3) is 10.9 Å². The highest BCUT2D eigenvalue weighted by Crippen LogP contribution is 2.21. The van der Waals surface area contributed by atoms with Crippen molar-refractivity contribution >= 4 is 16.7 Å². The molecule has 0 atom stereocenters. The molecule has 54 valence electrons. The Kier molecular flexibility index (Phi) is 1.18. The Balaban J connectivity index is 2.86. The average molecular weight is 147 g/mol. The summed E-state index contributed by atoms with van der Waals surface area (Å²) in [5, 5.41) is 9.94. The molecule has 0 fully saturated rings. The zero-order valence-corrected chi connectivity index (χ0v) is 5.61. The number of aromatic amines is 1. The molecule has 0 bridgehead atoms. The molecular weight excluding hydrogens is 142 g/mol. The Morgan fingerprint density at radius 1 is 1.36 bits per heavy atom. The molecule has 0 saturated heterocycles. The van der Waals surface area contributed by atoms with E-state index in [1.54, 1.807) is 6.07 Å². The molecule has 0 aliphatic carbocycles. The lowest BCUT2D eigenvalue weighted by atomic mass is 10.2. The lowest BCUT2D eigenvalue weighted by Crippen LogP contribution is -1.63. The van der Waals surface area contributed by atoms with E-state index in [4.69, 9.17) is 0 Å². The van der Waals surface area contributed by atoms with Gasteiger partial charge in [-0.25, -0.2) is 0 Å². The molecule has 0 amide bonds. The summed E-state index contributed by atoms with van der Waals surface area (Å²) in [6.45, 7) is 0. The predicted octanol–water partition coefficient (Wildman–Crippen LogP) is 1.96. The van der Waals surface area contributed by atoms with E-state index in [1.165, 1.54) is 0 Å². The lowest BCUT2D eigenvalue weighted by molar-refractivity contribution is 1.10. The number of nitroso groups, excluding NO2 is 1. The van der Waals surface area contributed by atoms with Crippen molar-refractivity contribution in [3.05, 3.63) is 29.2 Å². The molecule has 0 aliphatic heterocycles. The van der Waals surface area contributed by atoms with Gasteiger partial charge in [-0.1, -0.05) is 12.1 Å². The third-order valence-electron chi connectivity index (χ3n) is 1.54. The first-order valence-corrected chi connectivity index (χ1v) is 3.18. The van der Waals surface area contributed by atoms with Crippen molar-refractivity contribution < 1.29 is 0 Å². The van der Waals surface area contributed by atoms with E-state index in [0.29, 0.717) is 0 Å². The first kappa shape index (κ1) is 6.03. The van der Waals surface area contributed by atoms with Crippen LogP contribution in [0.1, 0.15) is 0 Å². The normalized spacial score (nSPS) is 10.2. The number of nitrogens with one attached hydrogen (secondary N) is 1. The minimum atomic E-state index is 0.223. The van der Waals surface area contributed by atoms with Crippen molar-refractivity contribution in [1.29, 1.82) is 0 Å². The highest BCUT2D eigenvalue weighted by molar-refractivity contribution is 5.87. The first-order valence-electron chi connectivity index (χ1n) is 3.18. The Labute approximate surface area is 62.2 Å². The predicted molar refractivity (Wildman–Crippen MR) is 41.5 cm³/mol. The van der Waals surface area contributed by atoms with Crippen molar-refractivity contribution in [1.82, 2.24) is 10.2 Å². The maximum absolute atomic E-state index is 10.1. The van der Waals surface area contributed by atoms with Gasteiger partial charge in [0, 0.05) is 5.39 Å². The number of fused-ring (bicyclic) bond motifs is 1. The van der Waals surface area contributed by atoms with Gasteiger partial charge in [-0.3, -0.25) is 5.10 Å². The minimum Gasteiger partial charge on any atom is -0.276 e. The summed E-state index contributed by atoms with van der Waals surface area (Å²) in [6, 6.07) is 7.36. The second kappa shape index (κ2) is 2.16. The molecule has 2 rings (SSSR count). The Bertz CT molecular complexity index is 393. The van der Waals surface area contributed by atoms with Crippen LogP contribution in [0.15, 0.2) is 29.4 Å². The summed E-state index contributed by atoms with van der Waals surface area (Å²) in [7, 11) is 0. The molecule has 1 aromatic carbocycles. The lowest BCUT2D eigenvalue weighted by Gasteiger charge is -1.83. The molecule has 0 radical (unpaired) electrons. The van der Waals surface area contributed by atoms with E-state index >= 15 is 0 Å². The van der Waals surface area contributed by atoms with Crippen LogP contribution in [-0.2, 0) is 0 Å². The Morgan fingerprint density at radius 2 is 2.18 bits per heavy atom. The van der Waals surface area contributed by atoms with Crippen molar-refractivity contribution in [2.75, 3.05) is 0 Å². The van der Waals surface area contributed by atoms with Crippen LogP contribution in [0.4, 0.5) is 5.82 Å². The van der Waals surface area contributed by atoms with Gasteiger partial charge >= 0.3 is 0 Å². The maximum atomic E-state index is 10.1. The zero-order valence-electron chi connectivity index (χ0n) is 5.61. The third kappa shape index (κ3) is 0.797. The SMILES string of the molecule is O=Nc1n[nH]c2ccccc12. The van der Waals surface area contributed by atoms with Crippen LogP contribution in [0.2, 0.25) is 0 Å². The third-order valence-corrected chi connectivity index (χ3v) is 1.54. The largest absolute Gasteiger partial charge is 0.276 e. The highest BCUT2D eigenvalue weighted by Gasteiger charge is 2.02. The minimum absolute atomic E-state index is 0.223. The van der Waals surface area contributed by atoms with Gasteiger partial charge in [0.25, 0.3) is 0 Å². The van der Waals surface area contributed by atoms with E-state index in [9.17, 15) is 4.91 Å². The van der Waals surface area contributed by atoms with Crippen molar-refractivity contribution in [2.24, 2.45) is 5.18 Å². The number of rotatable bonds is 1.